The third-order valence-electron chi connectivity index (χ3n) is 4.95. The van der Waals surface area contributed by atoms with Crippen molar-refractivity contribution in [2.24, 2.45) is 0 Å². The summed E-state index contributed by atoms with van der Waals surface area (Å²) in [5.41, 5.74) is 2.70. The fraction of sp³-hybridized carbons (Fsp3) is 0.391. The van der Waals surface area contributed by atoms with Gasteiger partial charge in [-0.15, -0.1) is 0 Å². The van der Waals surface area contributed by atoms with Crippen molar-refractivity contribution in [3.63, 3.8) is 0 Å². The monoisotopic (exact) mass is 380 g/mol. The van der Waals surface area contributed by atoms with E-state index in [9.17, 15) is 9.59 Å². The fourth-order valence-electron chi connectivity index (χ4n) is 3.21. The molecule has 2 aromatic carbocycles. The molecule has 0 aromatic heterocycles. The van der Waals surface area contributed by atoms with Crippen LogP contribution in [0.5, 0.6) is 0 Å². The van der Waals surface area contributed by atoms with E-state index in [2.05, 4.69) is 31.4 Å². The molecule has 2 aromatic rings. The van der Waals surface area contributed by atoms with Gasteiger partial charge in [-0.25, -0.2) is 0 Å². The summed E-state index contributed by atoms with van der Waals surface area (Å²) in [7, 11) is 0. The molecule has 148 valence electrons. The number of nitrogens with one attached hydrogen (secondary N) is 2. The van der Waals surface area contributed by atoms with Crippen LogP contribution >= 0.6 is 0 Å². The zero-order valence-electron chi connectivity index (χ0n) is 16.7. The minimum atomic E-state index is -0.236. The molecule has 0 bridgehead atoms. The van der Waals surface area contributed by atoms with Crippen LogP contribution in [0.3, 0.4) is 0 Å². The average molecular weight is 380 g/mol. The third-order valence-corrected chi connectivity index (χ3v) is 4.95. The summed E-state index contributed by atoms with van der Waals surface area (Å²) >= 11 is 0. The number of hydrogen-bond donors (Lipinski definition) is 2. The Kier molecular flexibility index (Phi) is 6.15. The highest BCUT2D eigenvalue weighted by atomic mass is 16.5. The Morgan fingerprint density at radius 3 is 2.39 bits per heavy atom. The number of anilines is 1. The van der Waals surface area contributed by atoms with Gasteiger partial charge in [0.2, 0.25) is 0 Å². The summed E-state index contributed by atoms with van der Waals surface area (Å²) < 4.78 is 5.54. The maximum absolute atomic E-state index is 12.7. The molecule has 1 aliphatic rings. The lowest BCUT2D eigenvalue weighted by Crippen LogP contribution is -2.32. The summed E-state index contributed by atoms with van der Waals surface area (Å²) in [5.74, 6) is -0.450. The SMILES string of the molecule is CC(C)(C)c1ccc(C(=O)Nc2ccccc2C(=O)NC[C@@H]2CCCO2)cc1. The first-order valence-electron chi connectivity index (χ1n) is 9.75. The maximum Gasteiger partial charge on any atom is 0.255 e. The molecule has 0 spiro atoms. The number of carbonyl (C=O) groups excluding carboxylic acids is 2. The van der Waals surface area contributed by atoms with Crippen LogP contribution in [0.25, 0.3) is 0 Å². The van der Waals surface area contributed by atoms with Gasteiger partial charge in [0.05, 0.1) is 17.4 Å². The molecule has 5 heteroatoms. The van der Waals surface area contributed by atoms with E-state index in [4.69, 9.17) is 4.74 Å². The summed E-state index contributed by atoms with van der Waals surface area (Å²) in [4.78, 5) is 25.2. The molecule has 2 N–H and O–H groups in total. The molecule has 0 radical (unpaired) electrons. The summed E-state index contributed by atoms with van der Waals surface area (Å²) in [6, 6.07) is 14.6. The highest BCUT2D eigenvalue weighted by molar-refractivity contribution is 6.09. The van der Waals surface area contributed by atoms with E-state index in [1.54, 1.807) is 24.3 Å². The highest BCUT2D eigenvalue weighted by Gasteiger charge is 2.19. The number of amides is 2. The topological polar surface area (TPSA) is 67.4 Å². The number of carbonyl (C=O) groups is 2. The van der Waals surface area contributed by atoms with Crippen LogP contribution in [0.1, 0.15) is 59.9 Å². The van der Waals surface area contributed by atoms with Crippen LogP contribution in [-0.4, -0.2) is 31.1 Å². The van der Waals surface area contributed by atoms with Crippen molar-refractivity contribution < 1.29 is 14.3 Å². The lowest BCUT2D eigenvalue weighted by atomic mass is 9.86. The maximum atomic E-state index is 12.7. The number of ether oxygens (including phenoxy) is 1. The second kappa shape index (κ2) is 8.57. The lowest BCUT2D eigenvalue weighted by Gasteiger charge is -2.19. The minimum absolute atomic E-state index is 0.0305. The summed E-state index contributed by atoms with van der Waals surface area (Å²) in [6.45, 7) is 7.63. The molecular weight excluding hydrogens is 352 g/mol. The highest BCUT2D eigenvalue weighted by Crippen LogP contribution is 2.23. The van der Waals surface area contributed by atoms with Crippen molar-refractivity contribution in [3.05, 3.63) is 65.2 Å². The van der Waals surface area contributed by atoms with Crippen LogP contribution in [0.2, 0.25) is 0 Å². The van der Waals surface area contributed by atoms with E-state index in [0.29, 0.717) is 23.4 Å². The molecule has 5 nitrogen and oxygen atoms in total. The minimum Gasteiger partial charge on any atom is -0.376 e. The summed E-state index contributed by atoms with van der Waals surface area (Å²) in [6.07, 6.45) is 2.07. The van der Waals surface area contributed by atoms with Crippen molar-refractivity contribution in [2.75, 3.05) is 18.5 Å². The predicted octanol–water partition coefficient (Wildman–Crippen LogP) is 4.15. The molecule has 1 atom stereocenters. The van der Waals surface area contributed by atoms with Crippen molar-refractivity contribution in [1.29, 1.82) is 0 Å². The van der Waals surface area contributed by atoms with Crippen molar-refractivity contribution >= 4 is 17.5 Å². The predicted molar refractivity (Wildman–Crippen MR) is 111 cm³/mol. The summed E-state index contributed by atoms with van der Waals surface area (Å²) in [5, 5.41) is 5.77. The molecule has 1 heterocycles. The van der Waals surface area contributed by atoms with Crippen LogP contribution in [0.4, 0.5) is 5.69 Å². The Labute approximate surface area is 166 Å². The fourth-order valence-corrected chi connectivity index (χ4v) is 3.21. The van der Waals surface area contributed by atoms with Gasteiger partial charge in [-0.05, 0) is 48.1 Å². The van der Waals surface area contributed by atoms with Crippen molar-refractivity contribution in [1.82, 2.24) is 5.32 Å². The normalized spacial score (nSPS) is 16.6. The van der Waals surface area contributed by atoms with Gasteiger partial charge in [0.15, 0.2) is 0 Å². The largest absolute Gasteiger partial charge is 0.376 e. The Bertz CT molecular complexity index is 832. The molecule has 2 amide bonds. The molecular formula is C23H28N2O3. The van der Waals surface area contributed by atoms with Gasteiger partial charge in [0, 0.05) is 18.7 Å². The number of rotatable bonds is 5. The van der Waals surface area contributed by atoms with E-state index >= 15 is 0 Å². The zero-order valence-corrected chi connectivity index (χ0v) is 16.7. The standard InChI is InChI=1S/C23H28N2O3/c1-23(2,3)17-12-10-16(11-13-17)21(26)25-20-9-5-4-8-19(20)22(27)24-15-18-7-6-14-28-18/h4-5,8-13,18H,6-7,14-15H2,1-3H3,(H,24,27)(H,25,26)/t18-/m0/s1. The lowest BCUT2D eigenvalue weighted by molar-refractivity contribution is 0.0858. The molecule has 28 heavy (non-hydrogen) atoms. The second-order valence-corrected chi connectivity index (χ2v) is 8.17. The van der Waals surface area contributed by atoms with Gasteiger partial charge in [0.1, 0.15) is 0 Å². The van der Waals surface area contributed by atoms with Gasteiger partial charge in [0.25, 0.3) is 11.8 Å². The molecule has 1 fully saturated rings. The third kappa shape index (κ3) is 4.98. The quantitative estimate of drug-likeness (QED) is 0.819. The van der Waals surface area contributed by atoms with Gasteiger partial charge in [-0.2, -0.15) is 0 Å². The van der Waals surface area contributed by atoms with Gasteiger partial charge < -0.3 is 15.4 Å². The number of hydrogen-bond acceptors (Lipinski definition) is 3. The molecule has 1 aliphatic heterocycles. The van der Waals surface area contributed by atoms with Gasteiger partial charge in [-0.3, -0.25) is 9.59 Å². The first-order valence-corrected chi connectivity index (χ1v) is 9.75. The Morgan fingerprint density at radius 2 is 1.75 bits per heavy atom. The van der Waals surface area contributed by atoms with Crippen molar-refractivity contribution in [3.8, 4) is 0 Å². The van der Waals surface area contributed by atoms with E-state index in [1.807, 2.05) is 24.3 Å². The molecule has 1 saturated heterocycles. The van der Waals surface area contributed by atoms with E-state index in [-0.39, 0.29) is 23.3 Å². The molecule has 0 unspecified atom stereocenters. The van der Waals surface area contributed by atoms with Crippen LogP contribution in [-0.2, 0) is 10.2 Å². The van der Waals surface area contributed by atoms with E-state index in [0.717, 1.165) is 25.0 Å². The van der Waals surface area contributed by atoms with Gasteiger partial charge >= 0.3 is 0 Å². The van der Waals surface area contributed by atoms with Gasteiger partial charge in [-0.1, -0.05) is 45.0 Å². The molecule has 0 aliphatic carbocycles. The Morgan fingerprint density at radius 1 is 1.04 bits per heavy atom. The Balaban J connectivity index is 1.68. The number of para-hydroxylation sites is 1. The number of benzene rings is 2. The van der Waals surface area contributed by atoms with Crippen LogP contribution in [0.15, 0.2) is 48.5 Å². The Hall–Kier alpha value is -2.66. The zero-order chi connectivity index (χ0) is 20.1. The first-order chi connectivity index (χ1) is 13.3. The van der Waals surface area contributed by atoms with E-state index < -0.39 is 0 Å². The van der Waals surface area contributed by atoms with Crippen LogP contribution in [0, 0.1) is 0 Å². The second-order valence-electron chi connectivity index (χ2n) is 8.17. The first kappa shape index (κ1) is 20.1. The van der Waals surface area contributed by atoms with Crippen LogP contribution < -0.4 is 10.6 Å². The smallest absolute Gasteiger partial charge is 0.255 e. The molecule has 0 saturated carbocycles. The van der Waals surface area contributed by atoms with E-state index in [1.165, 1.54) is 0 Å². The van der Waals surface area contributed by atoms with Crippen molar-refractivity contribution in [2.45, 2.75) is 45.1 Å². The molecule has 3 rings (SSSR count). The average Bonchev–Trinajstić information content (AvgIpc) is 3.19.